The number of fused-ring (bicyclic) bond motifs is 3. The van der Waals surface area contributed by atoms with E-state index in [0.717, 1.165) is 52.6 Å². The fourth-order valence-corrected chi connectivity index (χ4v) is 5.21. The van der Waals surface area contributed by atoms with Crippen LogP contribution >= 0.6 is 24.0 Å². The van der Waals surface area contributed by atoms with E-state index in [0.29, 0.717) is 37.6 Å². The zero-order valence-corrected chi connectivity index (χ0v) is 26.8. The molecule has 0 aliphatic carbocycles. The lowest BCUT2D eigenvalue weighted by Crippen LogP contribution is -2.39. The molecule has 0 aliphatic heterocycles. The van der Waals surface area contributed by atoms with Crippen molar-refractivity contribution in [3.05, 3.63) is 59.9 Å². The van der Waals surface area contributed by atoms with Crippen LogP contribution in [0.25, 0.3) is 21.9 Å². The van der Waals surface area contributed by atoms with Crippen LogP contribution in [0.1, 0.15) is 58.3 Å². The lowest BCUT2D eigenvalue weighted by Gasteiger charge is -2.25. The summed E-state index contributed by atoms with van der Waals surface area (Å²) in [6, 6.07) is 15.3. The number of para-hydroxylation sites is 1. The summed E-state index contributed by atoms with van der Waals surface area (Å²) in [6.07, 6.45) is 3.58. The van der Waals surface area contributed by atoms with Crippen molar-refractivity contribution in [2.45, 2.75) is 72.1 Å². The van der Waals surface area contributed by atoms with Crippen LogP contribution in [-0.4, -0.2) is 55.9 Å². The zero-order chi connectivity index (χ0) is 30.3. The van der Waals surface area contributed by atoms with Gasteiger partial charge in [-0.2, -0.15) is 0 Å². The Labute approximate surface area is 264 Å². The Kier molecular flexibility index (Phi) is 12.0. The number of carbonyl (C=O) groups is 2. The highest BCUT2D eigenvalue weighted by atomic mass is 35.5. The van der Waals surface area contributed by atoms with Crippen molar-refractivity contribution in [2.75, 3.05) is 24.8 Å². The van der Waals surface area contributed by atoms with E-state index in [4.69, 9.17) is 31.8 Å². The number of pyridine rings is 1. The number of alkyl halides is 1. The second-order valence-electron chi connectivity index (χ2n) is 10.8. The number of nitrogens with two attached hydrogens (primary N) is 1. The third-order valence-electron chi connectivity index (χ3n) is 7.13. The number of hydrogen-bond donors (Lipinski definition) is 1. The molecule has 0 unspecified atom stereocenters. The summed E-state index contributed by atoms with van der Waals surface area (Å²) in [5.74, 6) is 1.20. The lowest BCUT2D eigenvalue weighted by molar-refractivity contribution is -0.158. The first-order valence-corrected chi connectivity index (χ1v) is 15.0. The van der Waals surface area contributed by atoms with Crippen LogP contribution in [0.2, 0.25) is 0 Å². The second kappa shape index (κ2) is 15.3. The fourth-order valence-electron chi connectivity index (χ4n) is 5.04. The fraction of sp³-hybridized carbons (Fsp3) is 0.438. The number of benzene rings is 2. The van der Waals surface area contributed by atoms with Crippen LogP contribution in [0.4, 0.5) is 5.82 Å². The minimum Gasteiger partial charge on any atom is -0.476 e. The molecule has 1 amide bonds. The molecule has 2 aromatic heterocycles. The lowest BCUT2D eigenvalue weighted by atomic mass is 10.1. The number of carbonyl (C=O) groups excluding carboxylic acids is 2. The molecule has 0 aliphatic rings. The first kappa shape index (κ1) is 33.9. The van der Waals surface area contributed by atoms with Gasteiger partial charge < -0.3 is 24.7 Å². The molecule has 0 saturated heterocycles. The normalized spacial score (nSPS) is 11.4. The summed E-state index contributed by atoms with van der Waals surface area (Å²) in [6.45, 7) is 9.04. The highest BCUT2D eigenvalue weighted by molar-refractivity contribution is 6.27. The van der Waals surface area contributed by atoms with Gasteiger partial charge in [-0.15, -0.1) is 24.0 Å². The number of hydrogen-bond acceptors (Lipinski definition) is 7. The van der Waals surface area contributed by atoms with E-state index < -0.39 is 11.6 Å². The van der Waals surface area contributed by atoms with E-state index in [1.165, 1.54) is 0 Å². The average Bonchev–Trinajstić information content (AvgIpc) is 3.34. The predicted molar refractivity (Wildman–Crippen MR) is 174 cm³/mol. The van der Waals surface area contributed by atoms with Gasteiger partial charge in [-0.3, -0.25) is 4.79 Å². The van der Waals surface area contributed by atoms with E-state index in [1.807, 2.05) is 42.5 Å². The van der Waals surface area contributed by atoms with E-state index in [2.05, 4.69) is 16.5 Å². The summed E-state index contributed by atoms with van der Waals surface area (Å²) in [5.41, 5.74) is 8.60. The van der Waals surface area contributed by atoms with Crippen LogP contribution in [0, 0.1) is 0 Å². The maximum absolute atomic E-state index is 12.9. The Bertz CT molecular complexity index is 1560. The van der Waals surface area contributed by atoms with Crippen molar-refractivity contribution in [1.82, 2.24) is 19.4 Å². The molecule has 0 bridgehead atoms. The molecule has 11 heteroatoms. The summed E-state index contributed by atoms with van der Waals surface area (Å²) in [7, 11) is 0. The molecule has 232 valence electrons. The van der Waals surface area contributed by atoms with Gasteiger partial charge in [0.2, 0.25) is 5.91 Å². The number of unbranched alkanes of at least 4 members (excludes halogenated alkanes) is 1. The Morgan fingerprint density at radius 3 is 2.56 bits per heavy atom. The van der Waals surface area contributed by atoms with Crippen molar-refractivity contribution in [3.63, 3.8) is 0 Å². The van der Waals surface area contributed by atoms with Crippen molar-refractivity contribution >= 4 is 63.6 Å². The Morgan fingerprint density at radius 2 is 1.84 bits per heavy atom. The van der Waals surface area contributed by atoms with Gasteiger partial charge in [0.25, 0.3) is 0 Å². The van der Waals surface area contributed by atoms with E-state index in [-0.39, 0.29) is 30.8 Å². The second-order valence-corrected chi connectivity index (χ2v) is 11.0. The van der Waals surface area contributed by atoms with Gasteiger partial charge in [0.05, 0.1) is 17.6 Å². The van der Waals surface area contributed by atoms with Crippen LogP contribution < -0.4 is 10.5 Å². The number of nitrogen functional groups attached to an aromatic ring is 1. The monoisotopic (exact) mass is 629 g/mol. The number of aromatic nitrogens is 3. The molecular formula is C32H41Cl2N5O4. The van der Waals surface area contributed by atoms with Crippen molar-refractivity contribution in [1.29, 1.82) is 0 Å². The van der Waals surface area contributed by atoms with Crippen LogP contribution in [-0.2, 0) is 33.8 Å². The molecule has 43 heavy (non-hydrogen) atoms. The highest BCUT2D eigenvalue weighted by Gasteiger charge is 2.31. The predicted octanol–water partition coefficient (Wildman–Crippen LogP) is 6.31. The molecule has 0 saturated carbocycles. The van der Waals surface area contributed by atoms with Crippen LogP contribution in [0.5, 0.6) is 5.75 Å². The van der Waals surface area contributed by atoms with Gasteiger partial charge in [-0.25, -0.2) is 14.8 Å². The molecule has 0 atom stereocenters. The highest BCUT2D eigenvalue weighted by Crippen LogP contribution is 2.30. The molecule has 0 radical (unpaired) electrons. The number of nitrogens with zero attached hydrogens (tertiary/aromatic N) is 4. The maximum atomic E-state index is 12.9. The Hall–Kier alpha value is -3.56. The van der Waals surface area contributed by atoms with Crippen LogP contribution in [0.15, 0.2) is 48.5 Å². The van der Waals surface area contributed by atoms with Gasteiger partial charge >= 0.3 is 5.97 Å². The van der Waals surface area contributed by atoms with Gasteiger partial charge in [0.1, 0.15) is 23.0 Å². The van der Waals surface area contributed by atoms with Gasteiger partial charge in [-0.05, 0) is 57.4 Å². The summed E-state index contributed by atoms with van der Waals surface area (Å²) < 4.78 is 13.3. The molecular weight excluding hydrogens is 589 g/mol. The number of aryl methyl sites for hydroxylation is 2. The van der Waals surface area contributed by atoms with Gasteiger partial charge in [0.15, 0.2) is 11.4 Å². The SMILES string of the molecule is CCCCc1nc2c(N)nc3ccccc3c2n1CCCN(Cc1cccc(OC(C)(C)C(=O)OCC)c1)C(=O)CCl.Cl. The van der Waals surface area contributed by atoms with Crippen molar-refractivity contribution in [2.24, 2.45) is 0 Å². The molecule has 2 N–H and O–H groups in total. The third kappa shape index (κ3) is 8.09. The number of ether oxygens (including phenoxy) is 2. The maximum Gasteiger partial charge on any atom is 0.349 e. The number of rotatable bonds is 14. The number of esters is 1. The standard InChI is InChI=1S/C32H40ClN5O4.ClH/c1-5-7-16-26-36-28-29(24-14-8-9-15-25(24)35-30(28)34)38(26)18-11-17-37(27(39)20-33)21-22-12-10-13-23(19-22)42-32(3,4)31(40)41-6-2;/h8-10,12-15,19H,5-7,11,16-18,20-21H2,1-4H3,(H2,34,35);1H. The van der Waals surface area contributed by atoms with Crippen LogP contribution in [0.3, 0.4) is 0 Å². The molecule has 0 fully saturated rings. The Balaban J connectivity index is 0.00000506. The molecule has 0 spiro atoms. The molecule has 2 heterocycles. The van der Waals surface area contributed by atoms with Crippen molar-refractivity contribution in [3.8, 4) is 5.75 Å². The topological polar surface area (TPSA) is 113 Å². The minimum atomic E-state index is -1.15. The smallest absolute Gasteiger partial charge is 0.349 e. The number of amides is 1. The third-order valence-corrected chi connectivity index (χ3v) is 7.36. The van der Waals surface area contributed by atoms with Crippen molar-refractivity contribution < 1.29 is 19.1 Å². The van der Waals surface area contributed by atoms with E-state index in [9.17, 15) is 9.59 Å². The van der Waals surface area contributed by atoms with Gasteiger partial charge in [-0.1, -0.05) is 43.7 Å². The first-order valence-electron chi connectivity index (χ1n) is 14.5. The molecule has 4 aromatic rings. The summed E-state index contributed by atoms with van der Waals surface area (Å²) in [4.78, 5) is 36.4. The largest absolute Gasteiger partial charge is 0.476 e. The summed E-state index contributed by atoms with van der Waals surface area (Å²) in [5, 5.41) is 1.01. The van der Waals surface area contributed by atoms with Gasteiger partial charge in [0, 0.05) is 31.4 Å². The van der Waals surface area contributed by atoms with E-state index >= 15 is 0 Å². The quantitative estimate of drug-likeness (QED) is 0.128. The summed E-state index contributed by atoms with van der Waals surface area (Å²) >= 11 is 6.01. The molecule has 9 nitrogen and oxygen atoms in total. The first-order chi connectivity index (χ1) is 20.2. The zero-order valence-electron chi connectivity index (χ0n) is 25.3. The molecule has 2 aromatic carbocycles. The number of halogens is 2. The average molecular weight is 631 g/mol. The number of anilines is 1. The minimum absolute atomic E-state index is 0. The Morgan fingerprint density at radius 1 is 1.07 bits per heavy atom. The molecule has 4 rings (SSSR count). The number of imidazole rings is 1. The van der Waals surface area contributed by atoms with E-state index in [1.54, 1.807) is 31.7 Å².